The predicted octanol–water partition coefficient (Wildman–Crippen LogP) is 0.712. The van der Waals surface area contributed by atoms with E-state index in [1.165, 1.54) is 4.90 Å². The molecule has 1 aromatic rings. The van der Waals surface area contributed by atoms with E-state index in [2.05, 4.69) is 5.32 Å². The van der Waals surface area contributed by atoms with Gasteiger partial charge in [0.2, 0.25) is 0 Å². The van der Waals surface area contributed by atoms with Gasteiger partial charge in [-0.25, -0.2) is 0 Å². The Bertz CT molecular complexity index is 694. The average molecular weight is 359 g/mol. The van der Waals surface area contributed by atoms with Crippen molar-refractivity contribution in [1.29, 1.82) is 0 Å². The molecule has 1 saturated carbocycles. The summed E-state index contributed by atoms with van der Waals surface area (Å²) < 4.78 is 5.74. The molecule has 1 aromatic carbocycles. The molecular formula is C19H25N3O4. The fraction of sp³-hybridized carbons (Fsp3) is 0.526. The van der Waals surface area contributed by atoms with Crippen LogP contribution in [0.1, 0.15) is 25.3 Å². The van der Waals surface area contributed by atoms with Gasteiger partial charge in [-0.1, -0.05) is 12.1 Å². The van der Waals surface area contributed by atoms with Crippen molar-refractivity contribution in [2.24, 2.45) is 0 Å². The van der Waals surface area contributed by atoms with Crippen LogP contribution in [-0.2, 0) is 14.4 Å². The van der Waals surface area contributed by atoms with E-state index in [1.807, 2.05) is 31.2 Å². The normalized spacial score (nSPS) is 18.2. The number of rotatable bonds is 4. The second-order valence-electron chi connectivity index (χ2n) is 6.94. The SMILES string of the molecule is Cc1cccc(OC(C)C(=O)N2CCN(C(=O)C(=O)NC3CC3)CC2)c1. The standard InChI is InChI=1S/C19H25N3O4/c1-13-4-3-5-16(12-13)26-14(2)18(24)21-8-10-22(11-9-21)19(25)17(23)20-15-6-7-15/h3-5,12,14-15H,6-11H2,1-2H3,(H,20,23). The van der Waals surface area contributed by atoms with E-state index < -0.39 is 17.9 Å². The third kappa shape index (κ3) is 4.53. The van der Waals surface area contributed by atoms with Gasteiger partial charge in [0.15, 0.2) is 6.10 Å². The van der Waals surface area contributed by atoms with Crippen LogP contribution in [0, 0.1) is 6.92 Å². The lowest BCUT2D eigenvalue weighted by atomic mass is 10.2. The van der Waals surface area contributed by atoms with Gasteiger partial charge in [0.25, 0.3) is 5.91 Å². The Labute approximate surface area is 153 Å². The molecule has 7 nitrogen and oxygen atoms in total. The van der Waals surface area contributed by atoms with E-state index in [1.54, 1.807) is 11.8 Å². The molecule has 3 rings (SSSR count). The van der Waals surface area contributed by atoms with Crippen molar-refractivity contribution in [3.8, 4) is 5.75 Å². The topological polar surface area (TPSA) is 79.0 Å². The molecule has 1 unspecified atom stereocenters. The molecule has 2 aliphatic rings. The molecule has 0 spiro atoms. The minimum Gasteiger partial charge on any atom is -0.481 e. The van der Waals surface area contributed by atoms with Gasteiger partial charge in [0, 0.05) is 32.2 Å². The van der Waals surface area contributed by atoms with E-state index in [4.69, 9.17) is 4.74 Å². The van der Waals surface area contributed by atoms with Crippen LogP contribution in [0.5, 0.6) is 5.75 Å². The van der Waals surface area contributed by atoms with E-state index in [0.29, 0.717) is 31.9 Å². The van der Waals surface area contributed by atoms with Crippen molar-refractivity contribution < 1.29 is 19.1 Å². The summed E-state index contributed by atoms with van der Waals surface area (Å²) >= 11 is 0. The molecule has 7 heteroatoms. The summed E-state index contributed by atoms with van der Waals surface area (Å²) in [6, 6.07) is 7.73. The quantitative estimate of drug-likeness (QED) is 0.803. The number of piperazine rings is 1. The van der Waals surface area contributed by atoms with Crippen molar-refractivity contribution in [2.45, 2.75) is 38.8 Å². The smallest absolute Gasteiger partial charge is 0.312 e. The number of amides is 3. The Morgan fingerprint density at radius 3 is 2.38 bits per heavy atom. The Morgan fingerprint density at radius 2 is 1.77 bits per heavy atom. The average Bonchev–Trinajstić information content (AvgIpc) is 3.44. The zero-order chi connectivity index (χ0) is 18.7. The largest absolute Gasteiger partial charge is 0.481 e. The summed E-state index contributed by atoms with van der Waals surface area (Å²) in [5, 5.41) is 2.70. The fourth-order valence-corrected chi connectivity index (χ4v) is 2.95. The summed E-state index contributed by atoms with van der Waals surface area (Å²) in [5.74, 6) is -0.492. The van der Waals surface area contributed by atoms with Gasteiger partial charge in [-0.15, -0.1) is 0 Å². The number of carbonyl (C=O) groups excluding carboxylic acids is 3. The first-order chi connectivity index (χ1) is 12.4. The van der Waals surface area contributed by atoms with Gasteiger partial charge >= 0.3 is 11.8 Å². The molecule has 2 fully saturated rings. The van der Waals surface area contributed by atoms with Crippen LogP contribution in [0.15, 0.2) is 24.3 Å². The summed E-state index contributed by atoms with van der Waals surface area (Å²) in [7, 11) is 0. The van der Waals surface area contributed by atoms with E-state index in [-0.39, 0.29) is 11.9 Å². The van der Waals surface area contributed by atoms with E-state index >= 15 is 0 Å². The summed E-state index contributed by atoms with van der Waals surface area (Å²) in [6.45, 7) is 5.23. The lowest BCUT2D eigenvalue weighted by molar-refractivity contribution is -0.149. The number of nitrogens with zero attached hydrogens (tertiary/aromatic N) is 2. The monoisotopic (exact) mass is 359 g/mol. The number of nitrogens with one attached hydrogen (secondary N) is 1. The molecule has 0 aromatic heterocycles. The van der Waals surface area contributed by atoms with Gasteiger partial charge in [0.1, 0.15) is 5.75 Å². The zero-order valence-corrected chi connectivity index (χ0v) is 15.2. The first-order valence-corrected chi connectivity index (χ1v) is 9.06. The highest BCUT2D eigenvalue weighted by molar-refractivity contribution is 6.35. The van der Waals surface area contributed by atoms with Crippen LogP contribution in [0.3, 0.4) is 0 Å². The maximum atomic E-state index is 12.6. The predicted molar refractivity (Wildman–Crippen MR) is 95.6 cm³/mol. The minimum atomic E-state index is -0.600. The van der Waals surface area contributed by atoms with Crippen LogP contribution < -0.4 is 10.1 Å². The van der Waals surface area contributed by atoms with Crippen molar-refractivity contribution in [3.05, 3.63) is 29.8 Å². The van der Waals surface area contributed by atoms with Crippen LogP contribution in [-0.4, -0.2) is 65.8 Å². The van der Waals surface area contributed by atoms with Gasteiger partial charge in [-0.2, -0.15) is 0 Å². The second kappa shape index (κ2) is 7.76. The fourth-order valence-electron chi connectivity index (χ4n) is 2.95. The van der Waals surface area contributed by atoms with E-state index in [9.17, 15) is 14.4 Å². The Hall–Kier alpha value is -2.57. The summed E-state index contributed by atoms with van der Waals surface area (Å²) in [6.07, 6.45) is 1.29. The molecule has 1 aliphatic carbocycles. The highest BCUT2D eigenvalue weighted by Gasteiger charge is 2.32. The number of hydrogen-bond donors (Lipinski definition) is 1. The maximum Gasteiger partial charge on any atom is 0.312 e. The Kier molecular flexibility index (Phi) is 5.44. The van der Waals surface area contributed by atoms with Gasteiger partial charge in [0.05, 0.1) is 0 Å². The molecule has 0 bridgehead atoms. The summed E-state index contributed by atoms with van der Waals surface area (Å²) in [4.78, 5) is 39.7. The first-order valence-electron chi connectivity index (χ1n) is 9.06. The maximum absolute atomic E-state index is 12.6. The highest BCUT2D eigenvalue weighted by atomic mass is 16.5. The number of benzene rings is 1. The number of ether oxygens (including phenoxy) is 1. The van der Waals surface area contributed by atoms with Gasteiger partial charge in [-0.3, -0.25) is 14.4 Å². The molecule has 3 amide bonds. The van der Waals surface area contributed by atoms with Crippen LogP contribution in [0.2, 0.25) is 0 Å². The highest BCUT2D eigenvalue weighted by Crippen LogP contribution is 2.19. The van der Waals surface area contributed by atoms with Crippen LogP contribution >= 0.6 is 0 Å². The van der Waals surface area contributed by atoms with E-state index in [0.717, 1.165) is 18.4 Å². The molecule has 1 N–H and O–H groups in total. The Balaban J connectivity index is 1.48. The molecule has 1 heterocycles. The lowest BCUT2D eigenvalue weighted by Gasteiger charge is -2.35. The number of aryl methyl sites for hydroxylation is 1. The lowest BCUT2D eigenvalue weighted by Crippen LogP contribution is -2.55. The molecular weight excluding hydrogens is 334 g/mol. The second-order valence-corrected chi connectivity index (χ2v) is 6.94. The minimum absolute atomic E-state index is 0.110. The van der Waals surface area contributed by atoms with Crippen LogP contribution in [0.4, 0.5) is 0 Å². The molecule has 1 aliphatic heterocycles. The van der Waals surface area contributed by atoms with Gasteiger partial charge in [-0.05, 0) is 44.4 Å². The van der Waals surface area contributed by atoms with Crippen LogP contribution in [0.25, 0.3) is 0 Å². The molecule has 26 heavy (non-hydrogen) atoms. The first kappa shape index (κ1) is 18.2. The molecule has 0 radical (unpaired) electrons. The van der Waals surface area contributed by atoms with Crippen molar-refractivity contribution in [3.63, 3.8) is 0 Å². The number of carbonyl (C=O) groups is 3. The number of hydrogen-bond acceptors (Lipinski definition) is 4. The summed E-state index contributed by atoms with van der Waals surface area (Å²) in [5.41, 5.74) is 1.07. The van der Waals surface area contributed by atoms with Gasteiger partial charge < -0.3 is 19.9 Å². The third-order valence-corrected chi connectivity index (χ3v) is 4.64. The zero-order valence-electron chi connectivity index (χ0n) is 15.2. The third-order valence-electron chi connectivity index (χ3n) is 4.64. The molecule has 1 saturated heterocycles. The molecule has 140 valence electrons. The van der Waals surface area contributed by atoms with Crippen molar-refractivity contribution >= 4 is 17.7 Å². The molecule has 1 atom stereocenters. The Morgan fingerprint density at radius 1 is 1.12 bits per heavy atom. The van der Waals surface area contributed by atoms with Crippen molar-refractivity contribution in [2.75, 3.05) is 26.2 Å². The van der Waals surface area contributed by atoms with Crippen molar-refractivity contribution in [1.82, 2.24) is 15.1 Å².